The van der Waals surface area contributed by atoms with E-state index in [0.717, 1.165) is 24.7 Å². The van der Waals surface area contributed by atoms with Crippen LogP contribution in [-0.2, 0) is 21.3 Å². The van der Waals surface area contributed by atoms with Crippen molar-refractivity contribution in [1.82, 2.24) is 5.32 Å². The second kappa shape index (κ2) is 11.4. The minimum atomic E-state index is -3.50. The predicted molar refractivity (Wildman–Crippen MR) is 140 cm³/mol. The van der Waals surface area contributed by atoms with E-state index in [1.54, 1.807) is 72.8 Å². The van der Waals surface area contributed by atoms with Crippen molar-refractivity contribution in [1.29, 1.82) is 0 Å². The molecule has 1 fully saturated rings. The van der Waals surface area contributed by atoms with E-state index in [1.165, 1.54) is 4.31 Å². The average Bonchev–Trinajstić information content (AvgIpc) is 3.40. The van der Waals surface area contributed by atoms with E-state index in [-0.39, 0.29) is 24.5 Å². The molecule has 1 atom stereocenters. The van der Waals surface area contributed by atoms with Gasteiger partial charge in [0.1, 0.15) is 0 Å². The van der Waals surface area contributed by atoms with Crippen LogP contribution in [0, 0.1) is 0 Å². The minimum Gasteiger partial charge on any atom is -0.376 e. The Morgan fingerprint density at radius 2 is 1.64 bits per heavy atom. The maximum absolute atomic E-state index is 12.9. The van der Waals surface area contributed by atoms with Gasteiger partial charge in [-0.2, -0.15) is 0 Å². The molecule has 9 heteroatoms. The molecule has 0 unspecified atom stereocenters. The van der Waals surface area contributed by atoms with Gasteiger partial charge in [-0.25, -0.2) is 8.42 Å². The molecule has 3 aromatic carbocycles. The number of hydrogen-bond donors (Lipinski definition) is 2. The van der Waals surface area contributed by atoms with E-state index in [1.807, 2.05) is 6.07 Å². The third-order valence-electron chi connectivity index (χ3n) is 5.92. The molecule has 0 radical (unpaired) electrons. The molecule has 4 rings (SSSR count). The molecule has 1 aliphatic heterocycles. The quantitative estimate of drug-likeness (QED) is 0.458. The monoisotopic (exact) mass is 507 g/mol. The Balaban J connectivity index is 1.43. The number of benzene rings is 3. The summed E-state index contributed by atoms with van der Waals surface area (Å²) >= 11 is 0. The smallest absolute Gasteiger partial charge is 0.255 e. The predicted octanol–water partition coefficient (Wildman–Crippen LogP) is 3.81. The van der Waals surface area contributed by atoms with Crippen molar-refractivity contribution in [3.8, 4) is 0 Å². The van der Waals surface area contributed by atoms with E-state index in [9.17, 15) is 18.0 Å². The fourth-order valence-electron chi connectivity index (χ4n) is 4.01. The molecule has 36 heavy (non-hydrogen) atoms. The molecular weight excluding hydrogens is 478 g/mol. The van der Waals surface area contributed by atoms with Crippen molar-refractivity contribution in [2.24, 2.45) is 0 Å². The van der Waals surface area contributed by atoms with Crippen LogP contribution in [0.4, 0.5) is 11.4 Å². The molecule has 1 heterocycles. The summed E-state index contributed by atoms with van der Waals surface area (Å²) in [6.07, 6.45) is 3.09. The summed E-state index contributed by atoms with van der Waals surface area (Å²) in [5, 5.41) is 5.69. The van der Waals surface area contributed by atoms with Gasteiger partial charge in [0, 0.05) is 18.7 Å². The zero-order chi connectivity index (χ0) is 25.5. The van der Waals surface area contributed by atoms with Crippen molar-refractivity contribution in [2.75, 3.05) is 29.0 Å². The van der Waals surface area contributed by atoms with Gasteiger partial charge >= 0.3 is 0 Å². The van der Waals surface area contributed by atoms with Crippen LogP contribution in [0.15, 0.2) is 78.9 Å². The lowest BCUT2D eigenvalue weighted by Crippen LogP contribution is -2.32. The number of carbonyl (C=O) groups excluding carboxylic acids is 2. The highest BCUT2D eigenvalue weighted by Crippen LogP contribution is 2.21. The zero-order valence-electron chi connectivity index (χ0n) is 20.0. The second-order valence-electron chi connectivity index (χ2n) is 8.65. The molecule has 2 N–H and O–H groups in total. The molecule has 188 valence electrons. The van der Waals surface area contributed by atoms with Gasteiger partial charge in [0.15, 0.2) is 0 Å². The highest BCUT2D eigenvalue weighted by atomic mass is 32.2. The van der Waals surface area contributed by atoms with Crippen molar-refractivity contribution in [2.45, 2.75) is 25.5 Å². The molecule has 2 amide bonds. The number of nitrogens with one attached hydrogen (secondary N) is 2. The van der Waals surface area contributed by atoms with Crippen molar-refractivity contribution < 1.29 is 22.7 Å². The largest absolute Gasteiger partial charge is 0.376 e. The summed E-state index contributed by atoms with van der Waals surface area (Å²) in [6, 6.07) is 22.4. The lowest BCUT2D eigenvalue weighted by molar-refractivity contribution is 0.0858. The minimum absolute atomic E-state index is 0.0229. The van der Waals surface area contributed by atoms with Crippen LogP contribution in [0.25, 0.3) is 0 Å². The molecule has 0 bridgehead atoms. The van der Waals surface area contributed by atoms with Gasteiger partial charge < -0.3 is 15.4 Å². The number of sulfonamides is 1. The summed E-state index contributed by atoms with van der Waals surface area (Å²) in [5.41, 5.74) is 2.46. The third-order valence-corrected chi connectivity index (χ3v) is 7.06. The topological polar surface area (TPSA) is 105 Å². The van der Waals surface area contributed by atoms with E-state index in [0.29, 0.717) is 35.7 Å². The van der Waals surface area contributed by atoms with Crippen molar-refractivity contribution >= 4 is 33.2 Å². The summed E-state index contributed by atoms with van der Waals surface area (Å²) in [5.74, 6) is -0.650. The molecule has 0 aromatic heterocycles. The van der Waals surface area contributed by atoms with Crippen molar-refractivity contribution in [3.63, 3.8) is 0 Å². The number of carbonyl (C=O) groups is 2. The Kier molecular flexibility index (Phi) is 8.02. The molecule has 0 aliphatic carbocycles. The molecular formula is C27H29N3O5S. The standard InChI is InChI=1S/C27H29N3O5S/c1-36(33,34)30(22-8-3-2-4-9-22)19-20-13-15-21(16-14-20)26(31)29-25-12-6-5-11-24(25)27(32)28-18-23-10-7-17-35-23/h2-6,8-9,11-16,23H,7,10,17-19H2,1H3,(H,28,32)(H,29,31)/t23-/m1/s1. The van der Waals surface area contributed by atoms with Gasteiger partial charge in [0.25, 0.3) is 11.8 Å². The molecule has 0 spiro atoms. The molecule has 0 saturated carbocycles. The van der Waals surface area contributed by atoms with Crippen LogP contribution in [0.2, 0.25) is 0 Å². The number of hydrogen-bond acceptors (Lipinski definition) is 5. The zero-order valence-corrected chi connectivity index (χ0v) is 20.8. The van der Waals surface area contributed by atoms with Crippen LogP contribution in [-0.4, -0.2) is 45.7 Å². The lowest BCUT2D eigenvalue weighted by Gasteiger charge is -2.22. The van der Waals surface area contributed by atoms with Crippen LogP contribution < -0.4 is 14.9 Å². The highest BCUT2D eigenvalue weighted by Gasteiger charge is 2.20. The Hall–Kier alpha value is -3.69. The molecule has 3 aromatic rings. The maximum Gasteiger partial charge on any atom is 0.255 e. The molecule has 1 aliphatic rings. The van der Waals surface area contributed by atoms with Gasteiger partial charge in [-0.05, 0) is 54.8 Å². The van der Waals surface area contributed by atoms with Crippen molar-refractivity contribution in [3.05, 3.63) is 95.6 Å². The van der Waals surface area contributed by atoms with E-state index < -0.39 is 10.0 Å². The lowest BCUT2D eigenvalue weighted by atomic mass is 10.1. The van der Waals surface area contributed by atoms with E-state index in [2.05, 4.69) is 10.6 Å². The van der Waals surface area contributed by atoms with E-state index in [4.69, 9.17) is 4.74 Å². The normalized spacial score (nSPS) is 15.3. The van der Waals surface area contributed by atoms with Crippen LogP contribution in [0.3, 0.4) is 0 Å². The number of rotatable bonds is 9. The van der Waals surface area contributed by atoms with Gasteiger partial charge in [0.2, 0.25) is 10.0 Å². The summed E-state index contributed by atoms with van der Waals surface area (Å²) < 4.78 is 31.6. The first-order valence-corrected chi connectivity index (χ1v) is 13.6. The summed E-state index contributed by atoms with van der Waals surface area (Å²) in [6.45, 7) is 1.28. The third kappa shape index (κ3) is 6.50. The Labute approximate surface area is 211 Å². The van der Waals surface area contributed by atoms with Gasteiger partial charge in [-0.3, -0.25) is 13.9 Å². The average molecular weight is 508 g/mol. The Morgan fingerprint density at radius 3 is 2.31 bits per heavy atom. The van der Waals surface area contributed by atoms with Crippen LogP contribution >= 0.6 is 0 Å². The summed E-state index contributed by atoms with van der Waals surface area (Å²) in [7, 11) is -3.50. The first-order chi connectivity index (χ1) is 17.3. The Bertz CT molecular complexity index is 1300. The number of para-hydroxylation sites is 2. The van der Waals surface area contributed by atoms with E-state index >= 15 is 0 Å². The number of anilines is 2. The first kappa shape index (κ1) is 25.4. The fraction of sp³-hybridized carbons (Fsp3) is 0.259. The molecule has 1 saturated heterocycles. The highest BCUT2D eigenvalue weighted by molar-refractivity contribution is 7.92. The molecule has 8 nitrogen and oxygen atoms in total. The first-order valence-electron chi connectivity index (χ1n) is 11.7. The van der Waals surface area contributed by atoms with Gasteiger partial charge in [-0.15, -0.1) is 0 Å². The summed E-state index contributed by atoms with van der Waals surface area (Å²) in [4.78, 5) is 25.6. The maximum atomic E-state index is 12.9. The van der Waals surface area contributed by atoms with Crippen LogP contribution in [0.5, 0.6) is 0 Å². The second-order valence-corrected chi connectivity index (χ2v) is 10.6. The SMILES string of the molecule is CS(=O)(=O)N(Cc1ccc(C(=O)Nc2ccccc2C(=O)NC[C@H]2CCCO2)cc1)c1ccccc1. The Morgan fingerprint density at radius 1 is 0.944 bits per heavy atom. The number of nitrogens with zero attached hydrogens (tertiary/aromatic N) is 1. The number of amides is 2. The number of ether oxygens (including phenoxy) is 1. The fourth-order valence-corrected chi connectivity index (χ4v) is 4.90. The van der Waals surface area contributed by atoms with Gasteiger partial charge in [-0.1, -0.05) is 42.5 Å². The van der Waals surface area contributed by atoms with Crippen LogP contribution in [0.1, 0.15) is 39.1 Å². The van der Waals surface area contributed by atoms with Gasteiger partial charge in [0.05, 0.1) is 35.8 Å².